The van der Waals surface area contributed by atoms with Crippen LogP contribution in [0.25, 0.3) is 0 Å². The quantitative estimate of drug-likeness (QED) is 0.246. The Morgan fingerprint density at radius 1 is 1.06 bits per heavy atom. The molecule has 3 rings (SSSR count). The highest BCUT2D eigenvalue weighted by Gasteiger charge is 2.24. The summed E-state index contributed by atoms with van der Waals surface area (Å²) in [5, 5.41) is 29.2. The molecule has 190 valence electrons. The first-order valence-corrected chi connectivity index (χ1v) is 12.3. The van der Waals surface area contributed by atoms with Crippen molar-refractivity contribution in [1.29, 1.82) is 0 Å². The van der Waals surface area contributed by atoms with Crippen LogP contribution in [0.3, 0.4) is 0 Å². The van der Waals surface area contributed by atoms with Crippen molar-refractivity contribution in [3.8, 4) is 5.75 Å². The maximum Gasteiger partial charge on any atom is 0.328 e. The zero-order chi connectivity index (χ0) is 26.2. The lowest BCUT2D eigenvalue weighted by atomic mass is 10.1. The fourth-order valence-electron chi connectivity index (χ4n) is 3.55. The molecule has 0 radical (unpaired) electrons. The van der Waals surface area contributed by atoms with Gasteiger partial charge in [-0.25, -0.2) is 14.8 Å². The Balaban J connectivity index is 1.56. The second-order valence-corrected chi connectivity index (χ2v) is 9.24. The summed E-state index contributed by atoms with van der Waals surface area (Å²) in [6.45, 7) is 5.47. The van der Waals surface area contributed by atoms with Crippen LogP contribution in [0.15, 0.2) is 35.7 Å². The first-order chi connectivity index (χ1) is 17.2. The third-order valence-corrected chi connectivity index (χ3v) is 6.38. The maximum absolute atomic E-state index is 12.8. The molecule has 11 heteroatoms. The molecule has 2 aromatic heterocycles. The third kappa shape index (κ3) is 7.01. The van der Waals surface area contributed by atoms with Crippen LogP contribution in [0.2, 0.25) is 0 Å². The Bertz CT molecular complexity index is 1220. The van der Waals surface area contributed by atoms with Gasteiger partial charge in [-0.1, -0.05) is 18.2 Å². The van der Waals surface area contributed by atoms with Crippen LogP contribution in [0, 0.1) is 20.8 Å². The number of aromatic hydroxyl groups is 1. The number of aryl methyl sites for hydroxylation is 4. The highest BCUT2D eigenvalue weighted by atomic mass is 32.1. The zero-order valence-electron chi connectivity index (χ0n) is 20.3. The number of carboxylic acids is 1. The van der Waals surface area contributed by atoms with Gasteiger partial charge in [0.15, 0.2) is 0 Å². The average molecular weight is 512 g/mol. The van der Waals surface area contributed by atoms with Crippen molar-refractivity contribution in [3.63, 3.8) is 0 Å². The van der Waals surface area contributed by atoms with Gasteiger partial charge < -0.3 is 26.2 Å². The van der Waals surface area contributed by atoms with Crippen molar-refractivity contribution < 1.29 is 24.6 Å². The molecule has 36 heavy (non-hydrogen) atoms. The van der Waals surface area contributed by atoms with Gasteiger partial charge >= 0.3 is 5.97 Å². The van der Waals surface area contributed by atoms with E-state index in [1.165, 1.54) is 11.3 Å². The summed E-state index contributed by atoms with van der Waals surface area (Å²) in [6, 6.07) is 7.64. The molecule has 0 fully saturated rings. The second-order valence-electron chi connectivity index (χ2n) is 8.30. The van der Waals surface area contributed by atoms with Gasteiger partial charge in [0.25, 0.3) is 11.8 Å². The number of nitrogens with one attached hydrogen (secondary N) is 3. The molecule has 0 saturated heterocycles. The van der Waals surface area contributed by atoms with Crippen molar-refractivity contribution in [2.45, 2.75) is 39.7 Å². The van der Waals surface area contributed by atoms with Crippen molar-refractivity contribution in [2.24, 2.45) is 0 Å². The van der Waals surface area contributed by atoms with E-state index >= 15 is 0 Å². The Labute approximate surface area is 212 Å². The normalized spacial score (nSPS) is 11.5. The maximum atomic E-state index is 12.8. The number of phenols is 1. The lowest BCUT2D eigenvalue weighted by Gasteiger charge is -2.17. The number of anilines is 1. The van der Waals surface area contributed by atoms with Gasteiger partial charge in [0.05, 0.1) is 21.8 Å². The lowest BCUT2D eigenvalue weighted by Crippen LogP contribution is -2.48. The van der Waals surface area contributed by atoms with Crippen LogP contribution in [0.1, 0.15) is 49.0 Å². The molecule has 10 nitrogen and oxygen atoms in total. The third-order valence-electron chi connectivity index (χ3n) is 5.51. The van der Waals surface area contributed by atoms with E-state index in [1.54, 1.807) is 37.4 Å². The standard InChI is InChI=1S/C25H29N5O5S/c1-14-8-9-17(12-19(14)31)6-4-10-26-25-28-15(2)21(16(3)29-25)23(33)30-18(24(34)35)13-27-22(32)20-7-5-11-36-20/h5,7-9,11-12,18,31H,4,6,10,13H2,1-3H3,(H,27,32)(H,30,33)(H,34,35)(H,26,28,29)/t18-/m0/s1. The van der Waals surface area contributed by atoms with Gasteiger partial charge in [-0.05, 0) is 62.3 Å². The smallest absolute Gasteiger partial charge is 0.328 e. The van der Waals surface area contributed by atoms with E-state index in [-0.39, 0.29) is 17.9 Å². The number of carbonyl (C=O) groups excluding carboxylic acids is 2. The first kappa shape index (κ1) is 26.6. The number of carbonyl (C=O) groups is 3. The molecule has 0 spiro atoms. The summed E-state index contributed by atoms with van der Waals surface area (Å²) in [5.74, 6) is -1.67. The predicted molar refractivity (Wildman–Crippen MR) is 137 cm³/mol. The fraction of sp³-hybridized carbons (Fsp3) is 0.320. The van der Waals surface area contributed by atoms with E-state index < -0.39 is 23.8 Å². The fourth-order valence-corrected chi connectivity index (χ4v) is 4.19. The van der Waals surface area contributed by atoms with Crippen LogP contribution in [0.4, 0.5) is 5.95 Å². The number of carboxylic acid groups (broad SMARTS) is 1. The molecule has 0 bridgehead atoms. The van der Waals surface area contributed by atoms with E-state index in [2.05, 4.69) is 25.9 Å². The molecular weight excluding hydrogens is 482 g/mol. The van der Waals surface area contributed by atoms with Crippen molar-refractivity contribution >= 4 is 35.1 Å². The van der Waals surface area contributed by atoms with Crippen LogP contribution < -0.4 is 16.0 Å². The van der Waals surface area contributed by atoms with Gasteiger partial charge in [0.1, 0.15) is 11.8 Å². The highest BCUT2D eigenvalue weighted by molar-refractivity contribution is 7.12. The lowest BCUT2D eigenvalue weighted by molar-refractivity contribution is -0.139. The van der Waals surface area contributed by atoms with Crippen LogP contribution in [0.5, 0.6) is 5.75 Å². The van der Waals surface area contributed by atoms with Gasteiger partial charge in [0.2, 0.25) is 5.95 Å². The summed E-state index contributed by atoms with van der Waals surface area (Å²) in [5.41, 5.74) is 2.85. The zero-order valence-corrected chi connectivity index (χ0v) is 21.1. The van der Waals surface area contributed by atoms with E-state index in [4.69, 9.17) is 0 Å². The van der Waals surface area contributed by atoms with Crippen LogP contribution in [-0.2, 0) is 11.2 Å². The number of phenolic OH excluding ortho intramolecular Hbond substituents is 1. The summed E-state index contributed by atoms with van der Waals surface area (Å²) in [7, 11) is 0. The molecule has 1 atom stereocenters. The van der Waals surface area contributed by atoms with Crippen LogP contribution >= 0.6 is 11.3 Å². The minimum absolute atomic E-state index is 0.187. The van der Waals surface area contributed by atoms with Crippen molar-refractivity contribution in [1.82, 2.24) is 20.6 Å². The van der Waals surface area contributed by atoms with Gasteiger partial charge in [-0.2, -0.15) is 0 Å². The van der Waals surface area contributed by atoms with Gasteiger partial charge in [-0.3, -0.25) is 9.59 Å². The number of rotatable bonds is 11. The number of amides is 2. The minimum atomic E-state index is -1.32. The predicted octanol–water partition coefficient (Wildman–Crippen LogP) is 2.83. The molecule has 3 aromatic rings. The summed E-state index contributed by atoms with van der Waals surface area (Å²) in [4.78, 5) is 45.8. The number of benzene rings is 1. The Hall–Kier alpha value is -3.99. The average Bonchev–Trinajstić information content (AvgIpc) is 3.36. The van der Waals surface area contributed by atoms with E-state index in [0.717, 1.165) is 24.0 Å². The molecule has 2 heterocycles. The number of aromatic nitrogens is 2. The minimum Gasteiger partial charge on any atom is -0.508 e. The summed E-state index contributed by atoms with van der Waals surface area (Å²) in [6.07, 6.45) is 1.54. The van der Waals surface area contributed by atoms with Crippen LogP contribution in [-0.4, -0.2) is 57.1 Å². The molecule has 0 aliphatic heterocycles. The number of hydrogen-bond acceptors (Lipinski definition) is 8. The molecule has 5 N–H and O–H groups in total. The number of thiophene rings is 1. The molecule has 2 amide bonds. The number of hydrogen-bond donors (Lipinski definition) is 5. The molecule has 1 aromatic carbocycles. The molecular formula is C25H29N5O5S. The summed E-state index contributed by atoms with van der Waals surface area (Å²) < 4.78 is 0. The Morgan fingerprint density at radius 2 is 1.78 bits per heavy atom. The van der Waals surface area contributed by atoms with Crippen molar-refractivity contribution in [3.05, 3.63) is 68.7 Å². The monoisotopic (exact) mass is 511 g/mol. The van der Waals surface area contributed by atoms with E-state index in [0.29, 0.717) is 28.8 Å². The van der Waals surface area contributed by atoms with Gasteiger partial charge in [0, 0.05) is 13.1 Å². The Morgan fingerprint density at radius 3 is 2.39 bits per heavy atom. The van der Waals surface area contributed by atoms with E-state index in [1.807, 2.05) is 19.1 Å². The Kier molecular flexibility index (Phi) is 8.96. The number of nitrogens with zero attached hydrogens (tertiary/aromatic N) is 2. The van der Waals surface area contributed by atoms with Crippen molar-refractivity contribution in [2.75, 3.05) is 18.4 Å². The molecule has 0 aliphatic carbocycles. The second kappa shape index (κ2) is 12.1. The molecule has 0 aliphatic rings. The topological polar surface area (TPSA) is 154 Å². The summed E-state index contributed by atoms with van der Waals surface area (Å²) >= 11 is 1.23. The molecule has 0 saturated carbocycles. The SMILES string of the molecule is Cc1ccc(CCCNc2nc(C)c(C(=O)N[C@@H](CNC(=O)c3cccs3)C(=O)O)c(C)n2)cc1O. The van der Waals surface area contributed by atoms with Gasteiger partial charge in [-0.15, -0.1) is 11.3 Å². The first-order valence-electron chi connectivity index (χ1n) is 11.4. The largest absolute Gasteiger partial charge is 0.508 e. The number of aliphatic carboxylic acids is 1. The highest BCUT2D eigenvalue weighted by Crippen LogP contribution is 2.18. The van der Waals surface area contributed by atoms with E-state index in [9.17, 15) is 24.6 Å². The molecule has 0 unspecified atom stereocenters.